The normalized spacial score (nSPS) is 15.7. The fraction of sp³-hybridized carbons (Fsp3) is 0.316. The molecule has 6 heteroatoms. The molecule has 25 heavy (non-hydrogen) atoms. The minimum absolute atomic E-state index is 0. The number of anilines is 1. The van der Waals surface area contributed by atoms with Crippen molar-refractivity contribution in [2.75, 3.05) is 12.3 Å². The Morgan fingerprint density at radius 3 is 2.88 bits per heavy atom. The van der Waals surface area contributed by atoms with Crippen LogP contribution in [-0.2, 0) is 11.2 Å². The molecule has 4 nitrogen and oxygen atoms in total. The lowest BCUT2D eigenvalue weighted by molar-refractivity contribution is -0.123. The van der Waals surface area contributed by atoms with Crippen molar-refractivity contribution >= 4 is 35.6 Å². The van der Waals surface area contributed by atoms with Gasteiger partial charge in [0.2, 0.25) is 0 Å². The maximum absolute atomic E-state index is 12.2. The first-order chi connectivity index (χ1) is 11.5. The number of carbonyl (C=O) groups is 1. The van der Waals surface area contributed by atoms with Crippen LogP contribution in [0, 0.1) is 6.92 Å². The van der Waals surface area contributed by atoms with Gasteiger partial charge < -0.3 is 15.8 Å². The summed E-state index contributed by atoms with van der Waals surface area (Å²) >= 11 is 5.99. The first-order valence-corrected chi connectivity index (χ1v) is 8.47. The predicted molar refractivity (Wildman–Crippen MR) is 104 cm³/mol. The number of ether oxygens (including phenoxy) is 1. The second-order valence-electron chi connectivity index (χ2n) is 6.17. The summed E-state index contributed by atoms with van der Waals surface area (Å²) in [4.78, 5) is 12.2. The van der Waals surface area contributed by atoms with Crippen LogP contribution < -0.4 is 15.8 Å². The van der Waals surface area contributed by atoms with Crippen molar-refractivity contribution in [2.45, 2.75) is 32.2 Å². The van der Waals surface area contributed by atoms with Gasteiger partial charge in [-0.3, -0.25) is 4.79 Å². The highest BCUT2D eigenvalue weighted by molar-refractivity contribution is 6.31. The largest absolute Gasteiger partial charge is 0.484 e. The lowest BCUT2D eigenvalue weighted by atomic mass is 9.87. The molecule has 1 unspecified atom stereocenters. The van der Waals surface area contributed by atoms with Crippen LogP contribution in [0.5, 0.6) is 5.75 Å². The fourth-order valence-electron chi connectivity index (χ4n) is 3.08. The van der Waals surface area contributed by atoms with Crippen molar-refractivity contribution in [3.05, 3.63) is 58.1 Å². The summed E-state index contributed by atoms with van der Waals surface area (Å²) in [5.74, 6) is 0.515. The summed E-state index contributed by atoms with van der Waals surface area (Å²) in [6.45, 7) is 1.89. The highest BCUT2D eigenvalue weighted by Crippen LogP contribution is 2.31. The lowest BCUT2D eigenvalue weighted by Gasteiger charge is -2.26. The molecule has 0 spiro atoms. The summed E-state index contributed by atoms with van der Waals surface area (Å²) in [6.07, 6.45) is 2.98. The zero-order chi connectivity index (χ0) is 17.1. The molecule has 0 heterocycles. The maximum Gasteiger partial charge on any atom is 0.258 e. The molecule has 0 bridgehead atoms. The average molecular weight is 381 g/mol. The molecule has 3 N–H and O–H groups in total. The molecule has 0 aliphatic heterocycles. The van der Waals surface area contributed by atoms with E-state index in [9.17, 15) is 4.79 Å². The summed E-state index contributed by atoms with van der Waals surface area (Å²) in [6, 6.07) is 11.3. The SMILES string of the molecule is Cc1cc(OCC(=O)NC2CCCc3cc(N)ccc32)ccc1Cl.Cl. The van der Waals surface area contributed by atoms with Gasteiger partial charge in [0.1, 0.15) is 5.75 Å². The molecule has 1 aliphatic carbocycles. The van der Waals surface area contributed by atoms with Crippen molar-refractivity contribution in [1.29, 1.82) is 0 Å². The summed E-state index contributed by atoms with van der Waals surface area (Å²) in [7, 11) is 0. The highest BCUT2D eigenvalue weighted by Gasteiger charge is 2.22. The minimum Gasteiger partial charge on any atom is -0.484 e. The maximum atomic E-state index is 12.2. The first-order valence-electron chi connectivity index (χ1n) is 8.09. The van der Waals surface area contributed by atoms with E-state index < -0.39 is 0 Å². The third kappa shape index (κ3) is 4.80. The number of aryl methyl sites for hydroxylation is 2. The van der Waals surface area contributed by atoms with Crippen LogP contribution in [0.4, 0.5) is 5.69 Å². The number of carbonyl (C=O) groups excluding carboxylic acids is 1. The van der Waals surface area contributed by atoms with Gasteiger partial charge in [-0.15, -0.1) is 12.4 Å². The van der Waals surface area contributed by atoms with Gasteiger partial charge in [0.15, 0.2) is 6.61 Å². The molecule has 0 aromatic heterocycles. The quantitative estimate of drug-likeness (QED) is 0.780. The van der Waals surface area contributed by atoms with Gasteiger partial charge >= 0.3 is 0 Å². The molecule has 134 valence electrons. The van der Waals surface area contributed by atoms with Crippen LogP contribution in [-0.4, -0.2) is 12.5 Å². The van der Waals surface area contributed by atoms with Crippen LogP contribution in [0.1, 0.15) is 35.6 Å². The van der Waals surface area contributed by atoms with Crippen molar-refractivity contribution in [2.24, 2.45) is 0 Å². The number of hydrogen-bond acceptors (Lipinski definition) is 3. The van der Waals surface area contributed by atoms with Gasteiger partial charge in [0.25, 0.3) is 5.91 Å². The van der Waals surface area contributed by atoms with E-state index in [1.54, 1.807) is 12.1 Å². The number of amides is 1. The van der Waals surface area contributed by atoms with Crippen LogP contribution in [0.3, 0.4) is 0 Å². The topological polar surface area (TPSA) is 64.3 Å². The van der Waals surface area contributed by atoms with Gasteiger partial charge in [-0.25, -0.2) is 0 Å². The van der Waals surface area contributed by atoms with Crippen molar-refractivity contribution in [3.63, 3.8) is 0 Å². The van der Waals surface area contributed by atoms with Gasteiger partial charge in [-0.1, -0.05) is 17.7 Å². The van der Waals surface area contributed by atoms with E-state index in [1.165, 1.54) is 5.56 Å². The van der Waals surface area contributed by atoms with Crippen LogP contribution >= 0.6 is 24.0 Å². The van der Waals surface area contributed by atoms with Crippen LogP contribution in [0.25, 0.3) is 0 Å². The molecule has 2 aromatic rings. The second-order valence-corrected chi connectivity index (χ2v) is 6.58. The number of halogens is 2. The number of nitrogen functional groups attached to an aromatic ring is 1. The zero-order valence-electron chi connectivity index (χ0n) is 14.0. The molecule has 0 saturated carbocycles. The molecular weight excluding hydrogens is 359 g/mol. The predicted octanol–water partition coefficient (Wildman–Crippen LogP) is 4.23. The van der Waals surface area contributed by atoms with E-state index in [-0.39, 0.29) is 31.0 Å². The minimum atomic E-state index is -0.128. The van der Waals surface area contributed by atoms with E-state index >= 15 is 0 Å². The molecule has 3 rings (SSSR count). The number of nitrogens with one attached hydrogen (secondary N) is 1. The number of nitrogens with two attached hydrogens (primary N) is 1. The first kappa shape index (κ1) is 19.4. The smallest absolute Gasteiger partial charge is 0.258 e. The fourth-order valence-corrected chi connectivity index (χ4v) is 3.19. The Morgan fingerprint density at radius 1 is 1.32 bits per heavy atom. The molecule has 2 aromatic carbocycles. The van der Waals surface area contributed by atoms with Gasteiger partial charge in [0, 0.05) is 10.7 Å². The van der Waals surface area contributed by atoms with E-state index in [4.69, 9.17) is 22.1 Å². The molecule has 1 amide bonds. The standard InChI is InChI=1S/C19H21ClN2O2.ClH/c1-12-9-15(6-8-17(12)20)24-11-19(23)22-18-4-2-3-13-10-14(21)5-7-16(13)18;/h5-10,18H,2-4,11,21H2,1H3,(H,22,23);1H. The Kier molecular flexibility index (Phi) is 6.57. The Hall–Kier alpha value is -1.91. The molecular formula is C19H22Cl2N2O2. The molecule has 0 radical (unpaired) electrons. The Morgan fingerprint density at radius 2 is 2.12 bits per heavy atom. The van der Waals surface area contributed by atoms with Crippen molar-refractivity contribution in [3.8, 4) is 5.75 Å². The average Bonchev–Trinajstić information content (AvgIpc) is 2.56. The summed E-state index contributed by atoms with van der Waals surface area (Å²) in [5, 5.41) is 3.75. The number of fused-ring (bicyclic) bond motifs is 1. The summed E-state index contributed by atoms with van der Waals surface area (Å²) < 4.78 is 5.56. The molecule has 1 aliphatic rings. The van der Waals surface area contributed by atoms with E-state index in [2.05, 4.69) is 5.32 Å². The second kappa shape index (κ2) is 8.45. The monoisotopic (exact) mass is 380 g/mol. The zero-order valence-corrected chi connectivity index (χ0v) is 15.6. The van der Waals surface area contributed by atoms with Gasteiger partial charge in [-0.2, -0.15) is 0 Å². The van der Waals surface area contributed by atoms with Crippen LogP contribution in [0.15, 0.2) is 36.4 Å². The summed E-state index contributed by atoms with van der Waals surface area (Å²) in [5.41, 5.74) is 9.92. The number of hydrogen-bond donors (Lipinski definition) is 2. The van der Waals surface area contributed by atoms with Crippen molar-refractivity contribution < 1.29 is 9.53 Å². The van der Waals surface area contributed by atoms with E-state index in [1.807, 2.05) is 31.2 Å². The molecule has 0 fully saturated rings. The third-order valence-corrected chi connectivity index (χ3v) is 4.74. The van der Waals surface area contributed by atoms with Crippen molar-refractivity contribution in [1.82, 2.24) is 5.32 Å². The molecule has 0 saturated heterocycles. The van der Waals surface area contributed by atoms with Gasteiger partial charge in [0.05, 0.1) is 6.04 Å². The highest BCUT2D eigenvalue weighted by atomic mass is 35.5. The third-order valence-electron chi connectivity index (χ3n) is 4.32. The lowest BCUT2D eigenvalue weighted by Crippen LogP contribution is -2.34. The molecule has 1 atom stereocenters. The number of benzene rings is 2. The van der Waals surface area contributed by atoms with Gasteiger partial charge in [-0.05, 0) is 73.2 Å². The van der Waals surface area contributed by atoms with E-state index in [0.717, 1.165) is 36.1 Å². The van der Waals surface area contributed by atoms with E-state index in [0.29, 0.717) is 10.8 Å². The number of rotatable bonds is 4. The Labute approximate surface area is 159 Å². The Balaban J connectivity index is 0.00000225. The Bertz CT molecular complexity index is 765. The van der Waals surface area contributed by atoms with Crippen LogP contribution in [0.2, 0.25) is 5.02 Å².